The van der Waals surface area contributed by atoms with Gasteiger partial charge >= 0.3 is 0 Å². The fourth-order valence-electron chi connectivity index (χ4n) is 2.26. The number of hydrogen-bond donors (Lipinski definition) is 0. The molecule has 0 spiro atoms. The van der Waals surface area contributed by atoms with E-state index >= 15 is 0 Å². The van der Waals surface area contributed by atoms with Gasteiger partial charge in [-0.25, -0.2) is 0 Å². The Morgan fingerprint density at radius 1 is 1.11 bits per heavy atom. The van der Waals surface area contributed by atoms with Gasteiger partial charge in [0.25, 0.3) is 0 Å². The zero-order chi connectivity index (χ0) is 13.3. The second-order valence-corrected chi connectivity index (χ2v) is 4.51. The van der Waals surface area contributed by atoms with Crippen LogP contribution in [0.25, 0.3) is 0 Å². The second-order valence-electron chi connectivity index (χ2n) is 4.51. The molecule has 0 bridgehead atoms. The molecule has 0 aliphatic carbocycles. The van der Waals surface area contributed by atoms with E-state index in [2.05, 4.69) is 0 Å². The van der Waals surface area contributed by atoms with Gasteiger partial charge in [-0.15, -0.1) is 0 Å². The lowest BCUT2D eigenvalue weighted by atomic mass is 9.91. The zero-order valence-electron chi connectivity index (χ0n) is 10.6. The number of Topliss-reactive ketones (excluding diaryl/α,β-unsaturated/α-hetero) is 1. The number of para-hydroxylation sites is 1. The van der Waals surface area contributed by atoms with Crippen LogP contribution in [0, 0.1) is 0 Å². The molecule has 0 N–H and O–H groups in total. The number of epoxide rings is 1. The number of carbonyl (C=O) groups excluding carboxylic acids is 1. The number of ether oxygens (including phenoxy) is 2. The molecule has 1 heterocycles. The summed E-state index contributed by atoms with van der Waals surface area (Å²) >= 11 is 0. The molecule has 0 amide bonds. The van der Waals surface area contributed by atoms with E-state index in [4.69, 9.17) is 9.47 Å². The Bertz CT molecular complexity index is 600. The van der Waals surface area contributed by atoms with E-state index in [1.807, 2.05) is 42.5 Å². The van der Waals surface area contributed by atoms with Gasteiger partial charge in [-0.1, -0.05) is 42.5 Å². The van der Waals surface area contributed by atoms with Gasteiger partial charge in [0.2, 0.25) is 5.78 Å². The van der Waals surface area contributed by atoms with E-state index in [1.165, 1.54) is 0 Å². The van der Waals surface area contributed by atoms with Gasteiger partial charge in [-0.2, -0.15) is 0 Å². The molecule has 1 aliphatic heterocycles. The molecule has 3 heteroatoms. The summed E-state index contributed by atoms with van der Waals surface area (Å²) in [6.07, 6.45) is 0. The van der Waals surface area contributed by atoms with Crippen LogP contribution in [0.3, 0.4) is 0 Å². The highest BCUT2D eigenvalue weighted by Gasteiger charge is 2.54. The van der Waals surface area contributed by atoms with Crippen molar-refractivity contribution in [1.29, 1.82) is 0 Å². The molecule has 1 saturated heterocycles. The minimum absolute atomic E-state index is 0.0452. The molecule has 2 aromatic carbocycles. The predicted molar refractivity (Wildman–Crippen MR) is 71.4 cm³/mol. The molecule has 1 aliphatic rings. The number of carbonyl (C=O) groups is 1. The number of ketones is 1. The Labute approximate surface area is 111 Å². The number of methoxy groups -OCH3 is 1. The van der Waals surface area contributed by atoms with Gasteiger partial charge in [0.1, 0.15) is 5.75 Å². The van der Waals surface area contributed by atoms with Crippen molar-refractivity contribution in [3.8, 4) is 5.75 Å². The highest BCUT2D eigenvalue weighted by molar-refractivity contribution is 6.06. The maximum absolute atomic E-state index is 12.7. The largest absolute Gasteiger partial charge is 0.496 e. The molecule has 0 aromatic heterocycles. The highest BCUT2D eigenvalue weighted by atomic mass is 16.6. The smallest absolute Gasteiger partial charge is 0.205 e. The van der Waals surface area contributed by atoms with Crippen LogP contribution >= 0.6 is 0 Å². The summed E-state index contributed by atoms with van der Waals surface area (Å²) in [5, 5.41) is 0. The molecule has 0 radical (unpaired) electrons. The molecule has 3 nitrogen and oxygen atoms in total. The summed E-state index contributed by atoms with van der Waals surface area (Å²) in [5.74, 6) is 0.537. The fourth-order valence-corrected chi connectivity index (χ4v) is 2.26. The molecule has 1 fully saturated rings. The van der Waals surface area contributed by atoms with Gasteiger partial charge in [-0.05, 0) is 17.7 Å². The van der Waals surface area contributed by atoms with Crippen LogP contribution in [-0.2, 0) is 10.3 Å². The first-order valence-corrected chi connectivity index (χ1v) is 6.15. The van der Waals surface area contributed by atoms with Crippen LogP contribution in [0.5, 0.6) is 5.75 Å². The Kier molecular flexibility index (Phi) is 2.84. The molecule has 3 rings (SSSR count). The number of benzene rings is 2. The van der Waals surface area contributed by atoms with Crippen LogP contribution in [0.4, 0.5) is 0 Å². The lowest BCUT2D eigenvalue weighted by molar-refractivity contribution is 0.0867. The maximum Gasteiger partial charge on any atom is 0.205 e. The van der Waals surface area contributed by atoms with E-state index in [1.54, 1.807) is 19.2 Å². The van der Waals surface area contributed by atoms with Crippen molar-refractivity contribution in [2.24, 2.45) is 0 Å². The van der Waals surface area contributed by atoms with Crippen molar-refractivity contribution in [3.05, 3.63) is 65.7 Å². The summed E-state index contributed by atoms with van der Waals surface area (Å²) in [6.45, 7) is 0.424. The minimum Gasteiger partial charge on any atom is -0.496 e. The lowest BCUT2D eigenvalue weighted by Gasteiger charge is -2.13. The first kappa shape index (κ1) is 11.9. The van der Waals surface area contributed by atoms with Crippen LogP contribution in [0.2, 0.25) is 0 Å². The Balaban J connectivity index is 2.01. The first-order chi connectivity index (χ1) is 9.28. The van der Waals surface area contributed by atoms with Crippen LogP contribution < -0.4 is 4.74 Å². The third-order valence-electron chi connectivity index (χ3n) is 3.39. The molecule has 2 aromatic rings. The minimum atomic E-state index is -0.824. The average molecular weight is 254 g/mol. The van der Waals surface area contributed by atoms with Crippen molar-refractivity contribution in [3.63, 3.8) is 0 Å². The number of hydrogen-bond acceptors (Lipinski definition) is 3. The van der Waals surface area contributed by atoms with E-state index in [-0.39, 0.29) is 5.78 Å². The van der Waals surface area contributed by atoms with E-state index in [0.29, 0.717) is 17.9 Å². The fraction of sp³-hybridized carbons (Fsp3) is 0.188. The van der Waals surface area contributed by atoms with Crippen molar-refractivity contribution in [2.75, 3.05) is 13.7 Å². The summed E-state index contributed by atoms with van der Waals surface area (Å²) in [4.78, 5) is 12.7. The van der Waals surface area contributed by atoms with Gasteiger partial charge in [0, 0.05) is 0 Å². The van der Waals surface area contributed by atoms with Crippen LogP contribution in [0.15, 0.2) is 54.6 Å². The van der Waals surface area contributed by atoms with Gasteiger partial charge in [0.15, 0.2) is 5.60 Å². The Morgan fingerprint density at radius 2 is 1.74 bits per heavy atom. The highest BCUT2D eigenvalue weighted by Crippen LogP contribution is 2.43. The summed E-state index contributed by atoms with van der Waals surface area (Å²) in [7, 11) is 1.56. The standard InChI is InChI=1S/C16H14O3/c1-18-14-10-6-5-9-13(14)15(17)16(11-19-16)12-7-3-2-4-8-12/h2-10H,11H2,1H3. The molecule has 0 saturated carbocycles. The molecule has 1 unspecified atom stereocenters. The third kappa shape index (κ3) is 1.92. The van der Waals surface area contributed by atoms with Gasteiger partial charge in [0.05, 0.1) is 19.3 Å². The van der Waals surface area contributed by atoms with Crippen molar-refractivity contribution in [2.45, 2.75) is 5.60 Å². The topological polar surface area (TPSA) is 38.8 Å². The Hall–Kier alpha value is -2.13. The van der Waals surface area contributed by atoms with Crippen LogP contribution in [-0.4, -0.2) is 19.5 Å². The van der Waals surface area contributed by atoms with Crippen molar-refractivity contribution < 1.29 is 14.3 Å². The summed E-state index contributed by atoms with van der Waals surface area (Å²) in [6, 6.07) is 16.8. The normalized spacial score (nSPS) is 20.9. The Morgan fingerprint density at radius 3 is 2.37 bits per heavy atom. The van der Waals surface area contributed by atoms with Crippen molar-refractivity contribution >= 4 is 5.78 Å². The molecular weight excluding hydrogens is 240 g/mol. The maximum atomic E-state index is 12.7. The zero-order valence-corrected chi connectivity index (χ0v) is 10.6. The average Bonchev–Trinajstić information content (AvgIpc) is 3.29. The van der Waals surface area contributed by atoms with E-state index in [0.717, 1.165) is 5.56 Å². The monoisotopic (exact) mass is 254 g/mol. The van der Waals surface area contributed by atoms with Crippen molar-refractivity contribution in [1.82, 2.24) is 0 Å². The predicted octanol–water partition coefficient (Wildman–Crippen LogP) is 2.80. The molecule has 96 valence electrons. The second kappa shape index (κ2) is 4.52. The SMILES string of the molecule is COc1ccccc1C(=O)C1(c2ccccc2)CO1. The summed E-state index contributed by atoms with van der Waals surface area (Å²) in [5.41, 5.74) is 0.632. The van der Waals surface area contributed by atoms with Crippen LogP contribution in [0.1, 0.15) is 15.9 Å². The van der Waals surface area contributed by atoms with Gasteiger partial charge in [-0.3, -0.25) is 4.79 Å². The quantitative estimate of drug-likeness (QED) is 0.622. The third-order valence-corrected chi connectivity index (χ3v) is 3.39. The first-order valence-electron chi connectivity index (χ1n) is 6.15. The molecule has 19 heavy (non-hydrogen) atoms. The molecular formula is C16H14O3. The number of rotatable bonds is 4. The van der Waals surface area contributed by atoms with E-state index < -0.39 is 5.60 Å². The van der Waals surface area contributed by atoms with Gasteiger partial charge < -0.3 is 9.47 Å². The lowest BCUT2D eigenvalue weighted by Crippen LogP contribution is -2.22. The van der Waals surface area contributed by atoms with E-state index in [9.17, 15) is 4.79 Å². The summed E-state index contributed by atoms with van der Waals surface area (Å²) < 4.78 is 10.7. The molecule has 1 atom stereocenters.